The van der Waals surface area contributed by atoms with Crippen LogP contribution in [0.4, 0.5) is 11.5 Å². The zero-order valence-electron chi connectivity index (χ0n) is 13.1. The van der Waals surface area contributed by atoms with E-state index in [-0.39, 0.29) is 30.5 Å². The van der Waals surface area contributed by atoms with E-state index in [0.29, 0.717) is 16.8 Å². The molecular formula is C14H15N5O5. The number of rotatable bonds is 6. The van der Waals surface area contributed by atoms with Crippen LogP contribution in [0.2, 0.25) is 0 Å². The van der Waals surface area contributed by atoms with E-state index in [1.54, 1.807) is 13.8 Å². The van der Waals surface area contributed by atoms with Crippen LogP contribution in [0.1, 0.15) is 21.6 Å². The van der Waals surface area contributed by atoms with Crippen LogP contribution in [-0.4, -0.2) is 32.1 Å². The zero-order chi connectivity index (χ0) is 17.9. The van der Waals surface area contributed by atoms with Gasteiger partial charge in [0.05, 0.1) is 28.3 Å². The second-order valence-corrected chi connectivity index (χ2v) is 5.14. The van der Waals surface area contributed by atoms with E-state index >= 15 is 0 Å². The lowest BCUT2D eigenvalue weighted by Crippen LogP contribution is -2.27. The zero-order valence-corrected chi connectivity index (χ0v) is 13.1. The van der Waals surface area contributed by atoms with Gasteiger partial charge in [-0.3, -0.25) is 14.9 Å². The maximum Gasteiger partial charge on any atom is 0.390 e. The maximum absolute atomic E-state index is 12.0. The molecule has 1 aromatic heterocycles. The van der Waals surface area contributed by atoms with Crippen LogP contribution >= 0.6 is 0 Å². The summed E-state index contributed by atoms with van der Waals surface area (Å²) < 4.78 is 1.43. The second-order valence-electron chi connectivity index (χ2n) is 5.14. The van der Waals surface area contributed by atoms with Crippen LogP contribution in [0.3, 0.4) is 0 Å². The monoisotopic (exact) mass is 333 g/mol. The van der Waals surface area contributed by atoms with Gasteiger partial charge in [-0.2, -0.15) is 4.68 Å². The van der Waals surface area contributed by atoms with E-state index in [0.717, 1.165) is 0 Å². The number of carbonyl (C=O) groups excluding carboxylic acids is 1. The van der Waals surface area contributed by atoms with Gasteiger partial charge in [-0.25, -0.2) is 0 Å². The molecule has 10 nitrogen and oxygen atoms in total. The van der Waals surface area contributed by atoms with Crippen LogP contribution in [0.25, 0.3) is 0 Å². The normalized spacial score (nSPS) is 10.4. The van der Waals surface area contributed by atoms with Crippen molar-refractivity contribution in [1.82, 2.24) is 15.1 Å². The molecule has 0 fully saturated rings. The molecule has 0 saturated heterocycles. The first-order chi connectivity index (χ1) is 11.3. The largest absolute Gasteiger partial charge is 0.390 e. The summed E-state index contributed by atoms with van der Waals surface area (Å²) in [5, 5.41) is 27.9. The summed E-state index contributed by atoms with van der Waals surface area (Å²) in [5.41, 5.74) is 1.26. The third-order valence-electron chi connectivity index (χ3n) is 3.42. The van der Waals surface area contributed by atoms with Gasteiger partial charge in [0.25, 0.3) is 11.6 Å². The molecule has 0 atom stereocenters. The molecule has 0 aliphatic carbocycles. The van der Waals surface area contributed by atoms with Crippen molar-refractivity contribution in [2.24, 2.45) is 0 Å². The highest BCUT2D eigenvalue weighted by Gasteiger charge is 2.16. The van der Waals surface area contributed by atoms with E-state index in [1.165, 1.54) is 28.9 Å². The number of nitrogens with zero attached hydrogens (tertiary/aromatic N) is 4. The fourth-order valence-corrected chi connectivity index (χ4v) is 2.19. The topological polar surface area (TPSA) is 133 Å². The van der Waals surface area contributed by atoms with Gasteiger partial charge in [0.1, 0.15) is 0 Å². The van der Waals surface area contributed by atoms with Gasteiger partial charge in [-0.05, 0) is 30.9 Å². The number of carbonyl (C=O) groups is 1. The lowest BCUT2D eigenvalue weighted by Gasteiger charge is -2.06. The summed E-state index contributed by atoms with van der Waals surface area (Å²) in [6, 6.07) is 5.45. The molecule has 0 radical (unpaired) electrons. The Hall–Kier alpha value is -3.30. The Morgan fingerprint density at radius 1 is 1.21 bits per heavy atom. The van der Waals surface area contributed by atoms with Gasteiger partial charge in [0.15, 0.2) is 0 Å². The molecule has 0 aliphatic rings. The molecule has 2 aromatic rings. The van der Waals surface area contributed by atoms with Crippen molar-refractivity contribution in [2.75, 3.05) is 6.54 Å². The predicted octanol–water partition coefficient (Wildman–Crippen LogP) is 1.75. The number of nitro groups is 2. The van der Waals surface area contributed by atoms with Crippen molar-refractivity contribution >= 4 is 17.4 Å². The van der Waals surface area contributed by atoms with Crippen molar-refractivity contribution in [3.05, 3.63) is 61.3 Å². The summed E-state index contributed by atoms with van der Waals surface area (Å²) >= 11 is 0. The lowest BCUT2D eigenvalue weighted by atomic mass is 10.1. The van der Waals surface area contributed by atoms with Crippen molar-refractivity contribution in [2.45, 2.75) is 20.4 Å². The minimum atomic E-state index is -0.582. The van der Waals surface area contributed by atoms with Gasteiger partial charge in [0, 0.05) is 23.7 Å². The standard InChI is InChI=1S/C14H15N5O5/c1-9-7-11(3-4-12(9)18(21)22)14(20)15-5-6-17-10(2)8-13(16-17)19(23)24/h3-4,7-8H,5-6H2,1-2H3,(H,15,20). The van der Waals surface area contributed by atoms with Crippen molar-refractivity contribution in [3.8, 4) is 0 Å². The van der Waals surface area contributed by atoms with Crippen molar-refractivity contribution in [3.63, 3.8) is 0 Å². The number of aryl methyl sites for hydroxylation is 2. The lowest BCUT2D eigenvalue weighted by molar-refractivity contribution is -0.389. The fourth-order valence-electron chi connectivity index (χ4n) is 2.19. The third-order valence-corrected chi connectivity index (χ3v) is 3.42. The first-order valence-corrected chi connectivity index (χ1v) is 7.01. The van der Waals surface area contributed by atoms with E-state index in [9.17, 15) is 25.0 Å². The number of benzene rings is 1. The van der Waals surface area contributed by atoms with E-state index < -0.39 is 9.85 Å². The summed E-state index contributed by atoms with van der Waals surface area (Å²) in [7, 11) is 0. The number of hydrogen-bond donors (Lipinski definition) is 1. The van der Waals surface area contributed by atoms with Gasteiger partial charge < -0.3 is 15.4 Å². The van der Waals surface area contributed by atoms with Crippen molar-refractivity contribution in [1.29, 1.82) is 0 Å². The molecule has 1 N–H and O–H groups in total. The van der Waals surface area contributed by atoms with Crippen LogP contribution in [0.5, 0.6) is 0 Å². The number of nitro benzene ring substituents is 1. The number of nitrogens with one attached hydrogen (secondary N) is 1. The minimum absolute atomic E-state index is 0.0500. The Morgan fingerprint density at radius 3 is 2.46 bits per heavy atom. The smallest absolute Gasteiger partial charge is 0.358 e. The number of aromatic nitrogens is 2. The summed E-state index contributed by atoms with van der Waals surface area (Å²) in [6.45, 7) is 3.73. The van der Waals surface area contributed by atoms with Gasteiger partial charge in [-0.15, -0.1) is 0 Å². The molecular weight excluding hydrogens is 318 g/mol. The molecule has 1 amide bonds. The summed E-state index contributed by atoms with van der Waals surface area (Å²) in [5.74, 6) is -0.628. The molecule has 0 aliphatic heterocycles. The molecule has 0 bridgehead atoms. The fraction of sp³-hybridized carbons (Fsp3) is 0.286. The van der Waals surface area contributed by atoms with Crippen LogP contribution in [0.15, 0.2) is 24.3 Å². The molecule has 0 unspecified atom stereocenters. The second kappa shape index (κ2) is 6.86. The van der Waals surface area contributed by atoms with E-state index in [2.05, 4.69) is 10.4 Å². The molecule has 2 rings (SSSR count). The number of amides is 1. The Kier molecular flexibility index (Phi) is 4.87. The molecule has 24 heavy (non-hydrogen) atoms. The molecule has 0 spiro atoms. The summed E-state index contributed by atoms with van der Waals surface area (Å²) in [6.07, 6.45) is 0. The van der Waals surface area contributed by atoms with E-state index in [1.807, 2.05) is 0 Å². The predicted molar refractivity (Wildman–Crippen MR) is 83.8 cm³/mol. The minimum Gasteiger partial charge on any atom is -0.358 e. The van der Waals surface area contributed by atoms with Gasteiger partial charge in [-0.1, -0.05) is 0 Å². The van der Waals surface area contributed by atoms with Crippen LogP contribution < -0.4 is 5.32 Å². The Labute approximate surface area is 136 Å². The molecule has 126 valence electrons. The Bertz CT molecular complexity index is 814. The molecule has 0 saturated carbocycles. The third kappa shape index (κ3) is 3.72. The molecule has 10 heteroatoms. The van der Waals surface area contributed by atoms with Crippen LogP contribution in [0, 0.1) is 34.1 Å². The first kappa shape index (κ1) is 17.1. The Morgan fingerprint density at radius 2 is 1.92 bits per heavy atom. The molecule has 1 heterocycles. The quantitative estimate of drug-likeness (QED) is 0.632. The Balaban J connectivity index is 1.97. The highest BCUT2D eigenvalue weighted by Crippen LogP contribution is 2.18. The van der Waals surface area contributed by atoms with Crippen molar-refractivity contribution < 1.29 is 14.6 Å². The summed E-state index contributed by atoms with van der Waals surface area (Å²) in [4.78, 5) is 32.4. The average Bonchev–Trinajstić information content (AvgIpc) is 2.88. The van der Waals surface area contributed by atoms with Gasteiger partial charge >= 0.3 is 5.82 Å². The maximum atomic E-state index is 12.0. The van der Waals surface area contributed by atoms with Gasteiger partial charge in [0.2, 0.25) is 0 Å². The SMILES string of the molecule is Cc1cc(C(=O)NCCn2nc([N+](=O)[O-])cc2C)ccc1[N+](=O)[O-]. The van der Waals surface area contributed by atoms with E-state index in [4.69, 9.17) is 0 Å². The highest BCUT2D eigenvalue weighted by molar-refractivity contribution is 5.94. The highest BCUT2D eigenvalue weighted by atomic mass is 16.6. The molecule has 1 aromatic carbocycles. The number of hydrogen-bond acceptors (Lipinski definition) is 6. The first-order valence-electron chi connectivity index (χ1n) is 7.01. The van der Waals surface area contributed by atoms with Crippen LogP contribution in [-0.2, 0) is 6.54 Å². The average molecular weight is 333 g/mol.